The molecular formula is C11H8N4OS. The van der Waals surface area contributed by atoms with Gasteiger partial charge in [0.05, 0.1) is 0 Å². The van der Waals surface area contributed by atoms with Crippen LogP contribution in [-0.4, -0.2) is 20.8 Å². The molecule has 0 atom stereocenters. The van der Waals surface area contributed by atoms with E-state index in [2.05, 4.69) is 16.5 Å². The molecule has 2 aromatic rings. The summed E-state index contributed by atoms with van der Waals surface area (Å²) in [4.78, 5) is 20.2. The van der Waals surface area contributed by atoms with E-state index in [1.165, 1.54) is 28.6 Å². The topological polar surface area (TPSA) is 71.6 Å². The van der Waals surface area contributed by atoms with Crippen LogP contribution in [0.25, 0.3) is 17.2 Å². The van der Waals surface area contributed by atoms with Crippen molar-refractivity contribution in [3.05, 3.63) is 34.8 Å². The molecular weight excluding hydrogens is 236 g/mol. The zero-order valence-electron chi connectivity index (χ0n) is 9.04. The Bertz CT molecular complexity index is 699. The van der Waals surface area contributed by atoms with E-state index in [9.17, 15) is 4.79 Å². The van der Waals surface area contributed by atoms with Crippen LogP contribution in [0.2, 0.25) is 0 Å². The Hall–Kier alpha value is -2.13. The Labute approximate surface area is 101 Å². The first-order chi connectivity index (χ1) is 8.21. The molecule has 84 valence electrons. The fraction of sp³-hybridized carbons (Fsp3) is 0.0909. The van der Waals surface area contributed by atoms with Gasteiger partial charge in [-0.2, -0.15) is 5.26 Å². The SMILES string of the molecule is C=Cn1c(=O)c(C#N)cc2cnc(SC)nc21. The number of fused-ring (bicyclic) bond motifs is 1. The van der Waals surface area contributed by atoms with Crippen molar-refractivity contribution < 1.29 is 0 Å². The normalized spacial score (nSPS) is 10.1. The largest absolute Gasteiger partial charge is 0.274 e. The van der Waals surface area contributed by atoms with Crippen LogP contribution in [0, 0.1) is 11.3 Å². The first-order valence-corrected chi connectivity index (χ1v) is 5.92. The molecule has 2 rings (SSSR count). The Kier molecular flexibility index (Phi) is 2.93. The molecule has 0 radical (unpaired) electrons. The fourth-order valence-corrected chi connectivity index (χ4v) is 1.79. The second kappa shape index (κ2) is 4.39. The summed E-state index contributed by atoms with van der Waals surface area (Å²) in [7, 11) is 0. The molecule has 0 saturated heterocycles. The number of rotatable bonds is 2. The Balaban J connectivity index is 2.95. The highest BCUT2D eigenvalue weighted by Crippen LogP contribution is 2.15. The maximum Gasteiger partial charge on any atom is 0.274 e. The minimum absolute atomic E-state index is 0.0536. The van der Waals surface area contributed by atoms with Crippen molar-refractivity contribution in [2.45, 2.75) is 5.16 Å². The van der Waals surface area contributed by atoms with Crippen LogP contribution in [0.15, 0.2) is 28.8 Å². The Morgan fingerprint density at radius 2 is 2.41 bits per heavy atom. The first kappa shape index (κ1) is 11.4. The second-order valence-corrected chi connectivity index (χ2v) is 3.94. The summed E-state index contributed by atoms with van der Waals surface area (Å²) >= 11 is 1.38. The van der Waals surface area contributed by atoms with E-state index in [0.29, 0.717) is 16.2 Å². The number of thioether (sulfide) groups is 1. The fourth-order valence-electron chi connectivity index (χ4n) is 1.45. The van der Waals surface area contributed by atoms with E-state index in [-0.39, 0.29) is 5.56 Å². The van der Waals surface area contributed by atoms with Crippen molar-refractivity contribution in [1.82, 2.24) is 14.5 Å². The molecule has 0 unspecified atom stereocenters. The summed E-state index contributed by atoms with van der Waals surface area (Å²) in [5.41, 5.74) is 0.0991. The van der Waals surface area contributed by atoms with Crippen molar-refractivity contribution in [3.63, 3.8) is 0 Å². The minimum Gasteiger partial charge on any atom is -0.267 e. The third-order valence-electron chi connectivity index (χ3n) is 2.24. The standard InChI is InChI=1S/C11H8N4OS/c1-3-15-9-8(4-7(5-12)10(15)16)6-13-11(14-9)17-2/h3-4,6H,1H2,2H3. The molecule has 0 aliphatic heterocycles. The van der Waals surface area contributed by atoms with E-state index in [0.717, 1.165) is 0 Å². The highest BCUT2D eigenvalue weighted by molar-refractivity contribution is 7.98. The van der Waals surface area contributed by atoms with Crippen LogP contribution >= 0.6 is 11.8 Å². The number of aromatic nitrogens is 3. The van der Waals surface area contributed by atoms with E-state index < -0.39 is 5.56 Å². The predicted molar refractivity (Wildman–Crippen MR) is 66.7 cm³/mol. The Morgan fingerprint density at radius 3 is 3.00 bits per heavy atom. The van der Waals surface area contributed by atoms with E-state index in [1.807, 2.05) is 12.3 Å². The van der Waals surface area contributed by atoms with Crippen molar-refractivity contribution >= 4 is 29.0 Å². The van der Waals surface area contributed by atoms with Crippen LogP contribution < -0.4 is 5.56 Å². The zero-order chi connectivity index (χ0) is 12.4. The van der Waals surface area contributed by atoms with Gasteiger partial charge in [-0.25, -0.2) is 9.97 Å². The van der Waals surface area contributed by atoms with E-state index in [4.69, 9.17) is 5.26 Å². The van der Waals surface area contributed by atoms with Crippen LogP contribution in [0.1, 0.15) is 5.56 Å². The number of pyridine rings is 1. The van der Waals surface area contributed by atoms with Crippen LogP contribution in [0.5, 0.6) is 0 Å². The summed E-state index contributed by atoms with van der Waals surface area (Å²) in [6.07, 6.45) is 4.79. The van der Waals surface area contributed by atoms with Gasteiger partial charge in [0.1, 0.15) is 11.6 Å². The molecule has 0 aromatic carbocycles. The smallest absolute Gasteiger partial charge is 0.267 e. The Morgan fingerprint density at radius 1 is 1.65 bits per heavy atom. The van der Waals surface area contributed by atoms with Crippen LogP contribution in [0.3, 0.4) is 0 Å². The lowest BCUT2D eigenvalue weighted by Crippen LogP contribution is -2.19. The molecule has 5 nitrogen and oxygen atoms in total. The molecule has 0 aliphatic carbocycles. The summed E-state index contributed by atoms with van der Waals surface area (Å²) in [5.74, 6) is 0. The van der Waals surface area contributed by atoms with Gasteiger partial charge in [-0.15, -0.1) is 0 Å². The van der Waals surface area contributed by atoms with Crippen molar-refractivity contribution in [3.8, 4) is 6.07 Å². The van der Waals surface area contributed by atoms with Gasteiger partial charge in [0.15, 0.2) is 10.8 Å². The first-order valence-electron chi connectivity index (χ1n) is 4.70. The molecule has 2 heterocycles. The lowest BCUT2D eigenvalue weighted by atomic mass is 10.2. The lowest BCUT2D eigenvalue weighted by molar-refractivity contribution is 0.958. The number of hydrogen-bond donors (Lipinski definition) is 0. The highest BCUT2D eigenvalue weighted by Gasteiger charge is 2.09. The van der Waals surface area contributed by atoms with Crippen molar-refractivity contribution in [2.24, 2.45) is 0 Å². The third-order valence-corrected chi connectivity index (χ3v) is 2.80. The van der Waals surface area contributed by atoms with E-state index >= 15 is 0 Å². The van der Waals surface area contributed by atoms with Gasteiger partial charge < -0.3 is 0 Å². The molecule has 0 amide bonds. The molecule has 0 fully saturated rings. The molecule has 17 heavy (non-hydrogen) atoms. The summed E-state index contributed by atoms with van der Waals surface area (Å²) in [6.45, 7) is 3.56. The summed E-state index contributed by atoms with van der Waals surface area (Å²) in [6, 6.07) is 3.34. The second-order valence-electron chi connectivity index (χ2n) is 3.16. The molecule has 0 bridgehead atoms. The lowest BCUT2D eigenvalue weighted by Gasteiger charge is -2.05. The van der Waals surface area contributed by atoms with Gasteiger partial charge in [-0.05, 0) is 12.3 Å². The molecule has 0 N–H and O–H groups in total. The quantitative estimate of drug-likeness (QED) is 0.591. The van der Waals surface area contributed by atoms with Crippen LogP contribution in [-0.2, 0) is 0 Å². The predicted octanol–water partition coefficient (Wildman–Crippen LogP) is 1.49. The maximum atomic E-state index is 11.8. The van der Waals surface area contributed by atoms with Crippen molar-refractivity contribution in [1.29, 1.82) is 5.26 Å². The monoisotopic (exact) mass is 244 g/mol. The highest BCUT2D eigenvalue weighted by atomic mass is 32.2. The molecule has 6 heteroatoms. The minimum atomic E-state index is -0.416. The van der Waals surface area contributed by atoms with Gasteiger partial charge in [-0.1, -0.05) is 18.3 Å². The molecule has 0 spiro atoms. The van der Waals surface area contributed by atoms with Gasteiger partial charge in [0, 0.05) is 17.8 Å². The third kappa shape index (κ3) is 1.81. The maximum absolute atomic E-state index is 11.8. The van der Waals surface area contributed by atoms with Gasteiger partial charge >= 0.3 is 0 Å². The number of nitriles is 1. The molecule has 2 aromatic heterocycles. The average molecular weight is 244 g/mol. The summed E-state index contributed by atoms with van der Waals surface area (Å²) < 4.78 is 1.26. The molecule has 0 aliphatic rings. The van der Waals surface area contributed by atoms with Gasteiger partial charge in [0.2, 0.25) is 0 Å². The van der Waals surface area contributed by atoms with E-state index in [1.54, 1.807) is 6.20 Å². The van der Waals surface area contributed by atoms with Crippen molar-refractivity contribution in [2.75, 3.05) is 6.26 Å². The molecule has 0 saturated carbocycles. The summed E-state index contributed by atoms with van der Waals surface area (Å²) in [5, 5.41) is 10.1. The average Bonchev–Trinajstić information content (AvgIpc) is 2.37. The number of nitrogens with zero attached hydrogens (tertiary/aromatic N) is 4. The van der Waals surface area contributed by atoms with Gasteiger partial charge in [-0.3, -0.25) is 9.36 Å². The van der Waals surface area contributed by atoms with Gasteiger partial charge in [0.25, 0.3) is 5.56 Å². The zero-order valence-corrected chi connectivity index (χ0v) is 9.86. The number of hydrogen-bond acceptors (Lipinski definition) is 5. The van der Waals surface area contributed by atoms with Crippen LogP contribution in [0.4, 0.5) is 0 Å².